The number of rotatable bonds is 8. The molecule has 0 atom stereocenters. The van der Waals surface area contributed by atoms with Gasteiger partial charge >= 0.3 is 11.7 Å². The third kappa shape index (κ3) is 5.40. The van der Waals surface area contributed by atoms with Gasteiger partial charge in [0.2, 0.25) is 5.78 Å². The van der Waals surface area contributed by atoms with E-state index in [1.165, 1.54) is 19.2 Å². The molecule has 0 fully saturated rings. The Bertz CT molecular complexity index is 991. The van der Waals surface area contributed by atoms with Crippen LogP contribution in [0.4, 0.5) is 5.69 Å². The van der Waals surface area contributed by atoms with Crippen LogP contribution < -0.4 is 10.1 Å². The molecule has 2 aromatic carbocycles. The van der Waals surface area contributed by atoms with Crippen molar-refractivity contribution < 1.29 is 28.8 Å². The lowest BCUT2D eigenvalue weighted by Gasteiger charge is -2.11. The van der Waals surface area contributed by atoms with Crippen molar-refractivity contribution in [1.82, 2.24) is 5.32 Å². The molecule has 0 saturated heterocycles. The van der Waals surface area contributed by atoms with Gasteiger partial charge in [0.05, 0.1) is 12.0 Å². The van der Waals surface area contributed by atoms with Crippen molar-refractivity contribution in [2.75, 3.05) is 20.3 Å². The van der Waals surface area contributed by atoms with E-state index in [1.54, 1.807) is 0 Å². The Balaban J connectivity index is 1.94. The Kier molecular flexibility index (Phi) is 7.24. The summed E-state index contributed by atoms with van der Waals surface area (Å²) in [4.78, 5) is 46.8. The number of hydrogen-bond donors (Lipinski definition) is 1. The lowest BCUT2D eigenvalue weighted by atomic mass is 9.97. The molecule has 0 aliphatic heterocycles. The van der Waals surface area contributed by atoms with Crippen LogP contribution in [0, 0.1) is 30.9 Å². The summed E-state index contributed by atoms with van der Waals surface area (Å²) in [5.74, 6) is -1.83. The van der Waals surface area contributed by atoms with Crippen LogP contribution >= 0.6 is 0 Å². The summed E-state index contributed by atoms with van der Waals surface area (Å²) in [6.07, 6.45) is 0. The minimum atomic E-state index is -0.804. The number of ether oxygens (including phenoxy) is 2. The summed E-state index contributed by atoms with van der Waals surface area (Å²) in [6.45, 7) is 4.60. The fourth-order valence-electron chi connectivity index (χ4n) is 3.12. The normalized spacial score (nSPS) is 10.3. The number of nitrogens with zero attached hydrogens (tertiary/aromatic N) is 1. The van der Waals surface area contributed by atoms with E-state index < -0.39 is 30.0 Å². The van der Waals surface area contributed by atoms with E-state index in [9.17, 15) is 24.5 Å². The van der Waals surface area contributed by atoms with E-state index in [0.29, 0.717) is 5.56 Å². The van der Waals surface area contributed by atoms with Gasteiger partial charge in [0.25, 0.3) is 5.91 Å². The van der Waals surface area contributed by atoms with Crippen LogP contribution in [0.3, 0.4) is 0 Å². The van der Waals surface area contributed by atoms with E-state index in [4.69, 9.17) is 9.47 Å². The predicted octanol–water partition coefficient (Wildman–Crippen LogP) is 2.68. The molecule has 158 valence electrons. The first kappa shape index (κ1) is 22.5. The Labute approximate surface area is 173 Å². The van der Waals surface area contributed by atoms with Gasteiger partial charge in [-0.15, -0.1) is 0 Å². The second-order valence-corrected chi connectivity index (χ2v) is 6.68. The van der Waals surface area contributed by atoms with E-state index in [0.717, 1.165) is 22.8 Å². The van der Waals surface area contributed by atoms with E-state index >= 15 is 0 Å². The number of hydrogen-bond acceptors (Lipinski definition) is 7. The molecule has 0 aliphatic rings. The molecule has 0 aliphatic carbocycles. The SMILES string of the molecule is COc1ccc(C(=O)NCC(=O)OCC(=O)c2c(C)cc(C)cc2C)cc1[N+](=O)[O-]. The number of nitro benzene ring substituents is 1. The third-order valence-corrected chi connectivity index (χ3v) is 4.35. The van der Waals surface area contributed by atoms with Crippen molar-refractivity contribution in [3.05, 3.63) is 68.3 Å². The largest absolute Gasteiger partial charge is 0.490 e. The lowest BCUT2D eigenvalue weighted by Crippen LogP contribution is -2.31. The molecule has 1 amide bonds. The predicted molar refractivity (Wildman–Crippen MR) is 108 cm³/mol. The number of nitro groups is 1. The second-order valence-electron chi connectivity index (χ2n) is 6.68. The topological polar surface area (TPSA) is 125 Å². The molecule has 0 bridgehead atoms. The van der Waals surface area contributed by atoms with Gasteiger partial charge in [0.15, 0.2) is 12.4 Å². The number of methoxy groups -OCH3 is 1. The highest BCUT2D eigenvalue weighted by molar-refractivity contribution is 6.01. The van der Waals surface area contributed by atoms with Gasteiger partial charge in [-0.25, -0.2) is 0 Å². The van der Waals surface area contributed by atoms with Crippen molar-refractivity contribution in [2.24, 2.45) is 0 Å². The minimum Gasteiger partial charge on any atom is -0.490 e. The summed E-state index contributed by atoms with van der Waals surface area (Å²) < 4.78 is 9.83. The second kappa shape index (κ2) is 9.64. The number of Topliss-reactive ketones (excluding diaryl/α,β-unsaturated/α-hetero) is 1. The van der Waals surface area contributed by atoms with Crippen molar-refractivity contribution >= 4 is 23.3 Å². The van der Waals surface area contributed by atoms with Crippen LogP contribution in [0.15, 0.2) is 30.3 Å². The Morgan fingerprint density at radius 1 is 1.07 bits per heavy atom. The summed E-state index contributed by atoms with van der Waals surface area (Å²) in [5.41, 5.74) is 2.73. The van der Waals surface area contributed by atoms with Crippen LogP contribution in [-0.4, -0.2) is 42.8 Å². The van der Waals surface area contributed by atoms with E-state index in [1.807, 2.05) is 32.9 Å². The molecular formula is C21H22N2O7. The lowest BCUT2D eigenvalue weighted by molar-refractivity contribution is -0.385. The zero-order valence-electron chi connectivity index (χ0n) is 17.1. The molecule has 30 heavy (non-hydrogen) atoms. The Morgan fingerprint density at radius 3 is 2.27 bits per heavy atom. The molecular weight excluding hydrogens is 392 g/mol. The molecule has 0 heterocycles. The first-order valence-electron chi connectivity index (χ1n) is 9.01. The van der Waals surface area contributed by atoms with Crippen molar-refractivity contribution in [3.63, 3.8) is 0 Å². The maximum atomic E-state index is 12.4. The maximum absolute atomic E-state index is 12.4. The van der Waals surface area contributed by atoms with Gasteiger partial charge in [-0.1, -0.05) is 17.7 Å². The quantitative estimate of drug-likeness (QED) is 0.305. The maximum Gasteiger partial charge on any atom is 0.325 e. The number of amides is 1. The number of ketones is 1. The standard InChI is InChI=1S/C21H22N2O7/c1-12-7-13(2)20(14(3)8-12)17(24)11-30-19(25)10-22-21(26)15-5-6-18(29-4)16(9-15)23(27)28/h5-9H,10-11H2,1-4H3,(H,22,26). The zero-order valence-corrected chi connectivity index (χ0v) is 17.1. The molecule has 1 N–H and O–H groups in total. The van der Waals surface area contributed by atoms with Gasteiger partial charge < -0.3 is 14.8 Å². The van der Waals surface area contributed by atoms with Gasteiger partial charge in [-0.3, -0.25) is 24.5 Å². The van der Waals surface area contributed by atoms with Gasteiger partial charge in [-0.05, 0) is 44.0 Å². The zero-order chi connectivity index (χ0) is 22.4. The molecule has 2 rings (SSSR count). The van der Waals surface area contributed by atoms with Crippen LogP contribution in [0.2, 0.25) is 0 Å². The molecule has 2 aromatic rings. The van der Waals surface area contributed by atoms with Crippen molar-refractivity contribution in [1.29, 1.82) is 0 Å². The Morgan fingerprint density at radius 2 is 1.70 bits per heavy atom. The highest BCUT2D eigenvalue weighted by Crippen LogP contribution is 2.27. The van der Waals surface area contributed by atoms with Crippen LogP contribution in [-0.2, 0) is 9.53 Å². The number of nitrogens with one attached hydrogen (secondary N) is 1. The summed E-state index contributed by atoms with van der Waals surface area (Å²) >= 11 is 0. The average Bonchev–Trinajstić information content (AvgIpc) is 2.69. The first-order valence-corrected chi connectivity index (χ1v) is 9.01. The highest BCUT2D eigenvalue weighted by Gasteiger charge is 2.19. The van der Waals surface area contributed by atoms with Crippen LogP contribution in [0.5, 0.6) is 5.75 Å². The molecule has 0 aromatic heterocycles. The average molecular weight is 414 g/mol. The summed E-state index contributed by atoms with van der Waals surface area (Å²) in [5, 5.41) is 13.3. The molecule has 0 saturated carbocycles. The van der Waals surface area contributed by atoms with Gasteiger partial charge in [-0.2, -0.15) is 0 Å². The third-order valence-electron chi connectivity index (χ3n) is 4.35. The Hall–Kier alpha value is -3.75. The number of esters is 1. The molecule has 9 heteroatoms. The van der Waals surface area contributed by atoms with Crippen molar-refractivity contribution in [2.45, 2.75) is 20.8 Å². The van der Waals surface area contributed by atoms with Crippen LogP contribution in [0.25, 0.3) is 0 Å². The highest BCUT2D eigenvalue weighted by atomic mass is 16.6. The fourth-order valence-corrected chi connectivity index (χ4v) is 3.12. The number of carbonyl (C=O) groups is 3. The van der Waals surface area contributed by atoms with Gasteiger partial charge in [0, 0.05) is 17.2 Å². The van der Waals surface area contributed by atoms with E-state index in [-0.39, 0.29) is 22.8 Å². The monoisotopic (exact) mass is 414 g/mol. The van der Waals surface area contributed by atoms with Crippen LogP contribution in [0.1, 0.15) is 37.4 Å². The smallest absolute Gasteiger partial charge is 0.325 e. The molecule has 0 spiro atoms. The fraction of sp³-hybridized carbons (Fsp3) is 0.286. The summed E-state index contributed by atoms with van der Waals surface area (Å²) in [6, 6.07) is 7.41. The summed E-state index contributed by atoms with van der Waals surface area (Å²) in [7, 11) is 1.28. The number of aryl methyl sites for hydroxylation is 3. The first-order chi connectivity index (χ1) is 14.1. The minimum absolute atomic E-state index is 0.0103. The number of benzene rings is 2. The van der Waals surface area contributed by atoms with E-state index in [2.05, 4.69) is 5.32 Å². The molecule has 0 radical (unpaired) electrons. The molecule has 0 unspecified atom stereocenters. The molecule has 9 nitrogen and oxygen atoms in total. The van der Waals surface area contributed by atoms with Gasteiger partial charge in [0.1, 0.15) is 6.54 Å². The number of carbonyl (C=O) groups excluding carboxylic acids is 3. The van der Waals surface area contributed by atoms with Crippen molar-refractivity contribution in [3.8, 4) is 5.75 Å².